The molecule has 0 amide bonds. The Morgan fingerprint density at radius 3 is 2.78 bits per heavy atom. The van der Waals surface area contributed by atoms with Crippen LogP contribution in [0.5, 0.6) is 5.75 Å². The predicted octanol–water partition coefficient (Wildman–Crippen LogP) is 1.78. The second-order valence-corrected chi connectivity index (χ2v) is 7.70. The fourth-order valence-electron chi connectivity index (χ4n) is 2.14. The van der Waals surface area contributed by atoms with E-state index in [1.54, 1.807) is 0 Å². The van der Waals surface area contributed by atoms with Gasteiger partial charge in [0.15, 0.2) is 9.84 Å². The van der Waals surface area contributed by atoms with Crippen molar-refractivity contribution in [2.75, 3.05) is 11.5 Å². The van der Waals surface area contributed by atoms with Crippen LogP contribution in [-0.2, 0) is 16.4 Å². The number of hydrogen-bond donors (Lipinski definition) is 1. The number of sulfone groups is 1. The second kappa shape index (κ2) is 5.19. The minimum Gasteiger partial charge on any atom is -0.489 e. The van der Waals surface area contributed by atoms with E-state index >= 15 is 0 Å². The van der Waals surface area contributed by atoms with E-state index < -0.39 is 9.84 Å². The third-order valence-corrected chi connectivity index (χ3v) is 5.21. The molecule has 0 spiro atoms. The van der Waals surface area contributed by atoms with Gasteiger partial charge in [-0.25, -0.2) is 8.42 Å². The van der Waals surface area contributed by atoms with Gasteiger partial charge in [-0.05, 0) is 31.0 Å². The molecular weight excluding hydrogens is 318 g/mol. The van der Waals surface area contributed by atoms with Gasteiger partial charge in [0.2, 0.25) is 0 Å². The Balaban J connectivity index is 2.24. The molecule has 0 aliphatic carbocycles. The van der Waals surface area contributed by atoms with Gasteiger partial charge in [-0.3, -0.25) is 0 Å². The van der Waals surface area contributed by atoms with E-state index in [4.69, 9.17) is 10.5 Å². The molecular formula is C12H16BrNO3S. The number of halogens is 1. The van der Waals surface area contributed by atoms with Gasteiger partial charge in [-0.15, -0.1) is 0 Å². The van der Waals surface area contributed by atoms with Crippen LogP contribution in [0, 0.1) is 6.92 Å². The highest BCUT2D eigenvalue weighted by Crippen LogP contribution is 2.30. The molecule has 1 aliphatic heterocycles. The van der Waals surface area contributed by atoms with Crippen LogP contribution >= 0.6 is 15.9 Å². The molecule has 1 unspecified atom stereocenters. The molecule has 0 aromatic heterocycles. The molecule has 2 rings (SSSR count). The zero-order valence-electron chi connectivity index (χ0n) is 10.1. The average molecular weight is 334 g/mol. The molecule has 2 N–H and O–H groups in total. The SMILES string of the molecule is Cc1cc(Br)cc(CN)c1OC1CCS(=O)(=O)C1. The van der Waals surface area contributed by atoms with Crippen molar-refractivity contribution in [3.05, 3.63) is 27.7 Å². The molecule has 1 saturated heterocycles. The summed E-state index contributed by atoms with van der Waals surface area (Å²) in [5.41, 5.74) is 7.56. The highest BCUT2D eigenvalue weighted by molar-refractivity contribution is 9.10. The largest absolute Gasteiger partial charge is 0.489 e. The van der Waals surface area contributed by atoms with Crippen LogP contribution in [0.15, 0.2) is 16.6 Å². The van der Waals surface area contributed by atoms with Crippen molar-refractivity contribution < 1.29 is 13.2 Å². The van der Waals surface area contributed by atoms with E-state index in [0.29, 0.717) is 13.0 Å². The van der Waals surface area contributed by atoms with Crippen molar-refractivity contribution in [3.8, 4) is 5.75 Å². The molecule has 6 heteroatoms. The number of rotatable bonds is 3. The topological polar surface area (TPSA) is 69.4 Å². The summed E-state index contributed by atoms with van der Waals surface area (Å²) in [5, 5.41) is 0. The minimum atomic E-state index is -2.92. The summed E-state index contributed by atoms with van der Waals surface area (Å²) in [6.45, 7) is 2.30. The monoisotopic (exact) mass is 333 g/mol. The van der Waals surface area contributed by atoms with Gasteiger partial charge in [0, 0.05) is 16.6 Å². The third-order valence-electron chi connectivity index (χ3n) is 3.01. The Morgan fingerprint density at radius 1 is 1.50 bits per heavy atom. The first kappa shape index (κ1) is 13.8. The van der Waals surface area contributed by atoms with Crippen molar-refractivity contribution in [1.82, 2.24) is 0 Å². The highest BCUT2D eigenvalue weighted by Gasteiger charge is 2.30. The molecule has 1 heterocycles. The molecule has 1 aliphatic rings. The third kappa shape index (κ3) is 3.05. The van der Waals surface area contributed by atoms with Gasteiger partial charge < -0.3 is 10.5 Å². The lowest BCUT2D eigenvalue weighted by Gasteiger charge is -2.18. The fraction of sp³-hybridized carbons (Fsp3) is 0.500. The van der Waals surface area contributed by atoms with Crippen molar-refractivity contribution in [3.63, 3.8) is 0 Å². The highest BCUT2D eigenvalue weighted by atomic mass is 79.9. The van der Waals surface area contributed by atoms with Crippen molar-refractivity contribution in [1.29, 1.82) is 0 Å². The molecule has 1 atom stereocenters. The quantitative estimate of drug-likeness (QED) is 0.915. The van der Waals surface area contributed by atoms with Gasteiger partial charge in [0.05, 0.1) is 11.5 Å². The van der Waals surface area contributed by atoms with Crippen LogP contribution in [0.25, 0.3) is 0 Å². The van der Waals surface area contributed by atoms with Crippen molar-refractivity contribution in [2.24, 2.45) is 5.73 Å². The Morgan fingerprint density at radius 2 is 2.22 bits per heavy atom. The zero-order valence-corrected chi connectivity index (χ0v) is 12.6. The van der Waals surface area contributed by atoms with Crippen LogP contribution in [0.3, 0.4) is 0 Å². The summed E-state index contributed by atoms with van der Waals surface area (Å²) in [7, 11) is -2.92. The summed E-state index contributed by atoms with van der Waals surface area (Å²) < 4.78 is 29.6. The first-order chi connectivity index (χ1) is 8.41. The Kier molecular flexibility index (Phi) is 3.99. The smallest absolute Gasteiger partial charge is 0.154 e. The standard InChI is InChI=1S/C12H16BrNO3S/c1-8-4-10(13)5-9(6-14)12(8)17-11-2-3-18(15,16)7-11/h4-5,11H,2-3,6-7,14H2,1H3. The Labute approximate surface area is 116 Å². The molecule has 1 fully saturated rings. The summed E-state index contributed by atoms with van der Waals surface area (Å²) in [6, 6.07) is 3.85. The van der Waals surface area contributed by atoms with E-state index in [2.05, 4.69) is 15.9 Å². The Bertz CT molecular complexity index is 557. The van der Waals surface area contributed by atoms with Crippen LogP contribution in [0.4, 0.5) is 0 Å². The first-order valence-corrected chi connectivity index (χ1v) is 8.39. The van der Waals surface area contributed by atoms with Gasteiger partial charge in [0.25, 0.3) is 0 Å². The lowest BCUT2D eigenvalue weighted by atomic mass is 10.1. The molecule has 0 saturated carbocycles. The maximum absolute atomic E-state index is 11.4. The van der Waals surface area contributed by atoms with Crippen LogP contribution in [0.2, 0.25) is 0 Å². The normalized spacial score (nSPS) is 22.1. The zero-order chi connectivity index (χ0) is 13.3. The Hall–Kier alpha value is -0.590. The van der Waals surface area contributed by atoms with Crippen molar-refractivity contribution >= 4 is 25.8 Å². The summed E-state index contributed by atoms with van der Waals surface area (Å²) in [5.74, 6) is 1.04. The molecule has 0 radical (unpaired) electrons. The maximum atomic E-state index is 11.4. The predicted molar refractivity (Wildman–Crippen MR) is 74.5 cm³/mol. The van der Waals surface area contributed by atoms with Crippen molar-refractivity contribution in [2.45, 2.75) is 26.0 Å². The minimum absolute atomic E-state index is 0.104. The maximum Gasteiger partial charge on any atom is 0.154 e. The number of benzene rings is 1. The van der Waals surface area contributed by atoms with Crippen LogP contribution < -0.4 is 10.5 Å². The van der Waals surface area contributed by atoms with E-state index in [1.807, 2.05) is 19.1 Å². The molecule has 1 aromatic rings. The first-order valence-electron chi connectivity index (χ1n) is 5.77. The fourth-order valence-corrected chi connectivity index (χ4v) is 4.35. The van der Waals surface area contributed by atoms with E-state index in [0.717, 1.165) is 21.3 Å². The lowest BCUT2D eigenvalue weighted by Crippen LogP contribution is -2.19. The summed E-state index contributed by atoms with van der Waals surface area (Å²) >= 11 is 3.41. The molecule has 0 bridgehead atoms. The number of aryl methyl sites for hydroxylation is 1. The summed E-state index contributed by atoms with van der Waals surface area (Å²) in [6.07, 6.45) is 0.308. The van der Waals surface area contributed by atoms with E-state index in [-0.39, 0.29) is 17.6 Å². The van der Waals surface area contributed by atoms with E-state index in [1.165, 1.54) is 0 Å². The van der Waals surface area contributed by atoms with Gasteiger partial charge in [0.1, 0.15) is 11.9 Å². The molecule has 1 aromatic carbocycles. The molecule has 4 nitrogen and oxygen atoms in total. The lowest BCUT2D eigenvalue weighted by molar-refractivity contribution is 0.225. The van der Waals surface area contributed by atoms with E-state index in [9.17, 15) is 8.42 Å². The van der Waals surface area contributed by atoms with Gasteiger partial charge in [-0.1, -0.05) is 15.9 Å². The van der Waals surface area contributed by atoms with Gasteiger partial charge >= 0.3 is 0 Å². The second-order valence-electron chi connectivity index (χ2n) is 4.56. The molecule has 18 heavy (non-hydrogen) atoms. The van der Waals surface area contributed by atoms with Gasteiger partial charge in [-0.2, -0.15) is 0 Å². The van der Waals surface area contributed by atoms with Crippen LogP contribution in [0.1, 0.15) is 17.5 Å². The molecule has 100 valence electrons. The van der Waals surface area contributed by atoms with Crippen LogP contribution in [-0.4, -0.2) is 26.0 Å². The average Bonchev–Trinajstić information content (AvgIpc) is 2.61. The number of nitrogens with two attached hydrogens (primary N) is 1. The summed E-state index contributed by atoms with van der Waals surface area (Å²) in [4.78, 5) is 0. The number of ether oxygens (including phenoxy) is 1. The number of hydrogen-bond acceptors (Lipinski definition) is 4.